The molecular formula is C11H11F2NO3. The monoisotopic (exact) mass is 243 g/mol. The van der Waals surface area contributed by atoms with E-state index in [1.165, 1.54) is 6.08 Å². The summed E-state index contributed by atoms with van der Waals surface area (Å²) in [6.07, 6.45) is 2.09. The van der Waals surface area contributed by atoms with Gasteiger partial charge in [0.05, 0.1) is 4.92 Å². The van der Waals surface area contributed by atoms with Crippen LogP contribution < -0.4 is 4.74 Å². The van der Waals surface area contributed by atoms with E-state index in [1.807, 2.05) is 0 Å². The predicted octanol–water partition coefficient (Wildman–Crippen LogP) is 3.15. The molecule has 92 valence electrons. The number of alkyl halides is 2. The average Bonchev–Trinajstić information content (AvgIpc) is 2.20. The Morgan fingerprint density at radius 1 is 1.35 bits per heavy atom. The molecule has 0 atom stereocenters. The van der Waals surface area contributed by atoms with Crippen molar-refractivity contribution < 1.29 is 18.4 Å². The van der Waals surface area contributed by atoms with Crippen molar-refractivity contribution in [2.24, 2.45) is 0 Å². The van der Waals surface area contributed by atoms with E-state index in [-0.39, 0.29) is 5.75 Å². The molecule has 0 heterocycles. The molecule has 0 fully saturated rings. The highest BCUT2D eigenvalue weighted by atomic mass is 19.3. The minimum Gasteiger partial charge on any atom is -0.434 e. The summed E-state index contributed by atoms with van der Waals surface area (Å²) in [6, 6.07) is 3.09. The fraction of sp³-hybridized carbons (Fsp3) is 0.273. The van der Waals surface area contributed by atoms with Gasteiger partial charge in [0.25, 0.3) is 0 Å². The summed E-state index contributed by atoms with van der Waals surface area (Å²) in [5.41, 5.74) is 1.58. The molecule has 0 saturated carbocycles. The van der Waals surface area contributed by atoms with Gasteiger partial charge in [0.2, 0.25) is 6.20 Å². The van der Waals surface area contributed by atoms with Crippen LogP contribution in [0, 0.1) is 24.0 Å². The molecule has 0 aromatic heterocycles. The number of nitro groups is 1. The maximum absolute atomic E-state index is 12.1. The molecule has 0 spiro atoms. The van der Waals surface area contributed by atoms with E-state index >= 15 is 0 Å². The second kappa shape index (κ2) is 5.38. The van der Waals surface area contributed by atoms with E-state index in [2.05, 4.69) is 4.74 Å². The Morgan fingerprint density at radius 3 is 2.29 bits per heavy atom. The molecule has 0 radical (unpaired) electrons. The summed E-state index contributed by atoms with van der Waals surface area (Å²) in [7, 11) is 0. The zero-order valence-corrected chi connectivity index (χ0v) is 9.31. The van der Waals surface area contributed by atoms with Gasteiger partial charge in [0.1, 0.15) is 5.75 Å². The minimum absolute atomic E-state index is 0.109. The molecule has 0 aliphatic heterocycles. The molecular weight excluding hydrogens is 232 g/mol. The average molecular weight is 243 g/mol. The van der Waals surface area contributed by atoms with Crippen LogP contribution in [-0.2, 0) is 0 Å². The quantitative estimate of drug-likeness (QED) is 0.603. The van der Waals surface area contributed by atoms with Crippen LogP contribution in [0.25, 0.3) is 6.08 Å². The van der Waals surface area contributed by atoms with Crippen LogP contribution in [0.15, 0.2) is 18.3 Å². The molecule has 0 N–H and O–H groups in total. The summed E-state index contributed by atoms with van der Waals surface area (Å²) >= 11 is 0. The van der Waals surface area contributed by atoms with Crippen LogP contribution in [-0.4, -0.2) is 11.5 Å². The maximum Gasteiger partial charge on any atom is 0.387 e. The third kappa shape index (κ3) is 3.82. The topological polar surface area (TPSA) is 52.4 Å². The molecule has 0 unspecified atom stereocenters. The van der Waals surface area contributed by atoms with Gasteiger partial charge < -0.3 is 4.74 Å². The van der Waals surface area contributed by atoms with E-state index in [0.717, 1.165) is 6.20 Å². The molecule has 6 heteroatoms. The first-order chi connectivity index (χ1) is 7.90. The number of nitrogens with zero attached hydrogens (tertiary/aromatic N) is 1. The zero-order valence-electron chi connectivity index (χ0n) is 9.31. The molecule has 17 heavy (non-hydrogen) atoms. The SMILES string of the molecule is Cc1cc(/C=C/[N+](=O)[O-])cc(C)c1OC(F)F. The minimum atomic E-state index is -2.88. The molecule has 1 rings (SSSR count). The van der Waals surface area contributed by atoms with E-state index in [4.69, 9.17) is 0 Å². The van der Waals surface area contributed by atoms with Crippen molar-refractivity contribution in [2.45, 2.75) is 20.5 Å². The number of hydrogen-bond donors (Lipinski definition) is 0. The molecule has 0 aliphatic carbocycles. The van der Waals surface area contributed by atoms with Gasteiger partial charge in [-0.05, 0) is 42.7 Å². The van der Waals surface area contributed by atoms with Gasteiger partial charge in [-0.1, -0.05) is 0 Å². The Labute approximate surface area is 96.7 Å². The summed E-state index contributed by atoms with van der Waals surface area (Å²) in [6.45, 7) is 0.329. The number of rotatable bonds is 4. The highest BCUT2D eigenvalue weighted by molar-refractivity contribution is 5.55. The second-order valence-corrected chi connectivity index (χ2v) is 3.46. The number of hydrogen-bond acceptors (Lipinski definition) is 3. The number of benzene rings is 1. The second-order valence-electron chi connectivity index (χ2n) is 3.46. The Balaban J connectivity index is 3.05. The predicted molar refractivity (Wildman–Crippen MR) is 58.6 cm³/mol. The normalized spacial score (nSPS) is 11.1. The van der Waals surface area contributed by atoms with Gasteiger partial charge in [-0.3, -0.25) is 10.1 Å². The molecule has 0 saturated heterocycles. The van der Waals surface area contributed by atoms with Gasteiger partial charge >= 0.3 is 6.61 Å². The molecule has 0 bridgehead atoms. The van der Waals surface area contributed by atoms with Crippen molar-refractivity contribution in [3.63, 3.8) is 0 Å². The summed E-state index contributed by atoms with van der Waals surface area (Å²) in [5, 5.41) is 10.1. The van der Waals surface area contributed by atoms with Crippen LogP contribution >= 0.6 is 0 Å². The standard InChI is InChI=1S/C11H11F2NO3/c1-7-5-9(3-4-14(15)16)6-8(2)10(7)17-11(12)13/h3-6,11H,1-2H3/b4-3+. The Kier molecular flexibility index (Phi) is 4.14. The van der Waals surface area contributed by atoms with Crippen LogP contribution in [0.5, 0.6) is 5.75 Å². The van der Waals surface area contributed by atoms with Crippen molar-refractivity contribution >= 4 is 6.08 Å². The first kappa shape index (κ1) is 13.1. The summed E-state index contributed by atoms with van der Waals surface area (Å²) in [4.78, 5) is 9.56. The highest BCUT2D eigenvalue weighted by Crippen LogP contribution is 2.26. The summed E-state index contributed by atoms with van der Waals surface area (Å²) in [5.74, 6) is 0.109. The van der Waals surface area contributed by atoms with Gasteiger partial charge in [-0.2, -0.15) is 8.78 Å². The Hall–Kier alpha value is -1.98. The van der Waals surface area contributed by atoms with Crippen molar-refractivity contribution in [3.8, 4) is 5.75 Å². The van der Waals surface area contributed by atoms with Crippen molar-refractivity contribution in [3.05, 3.63) is 45.1 Å². The fourth-order valence-corrected chi connectivity index (χ4v) is 1.50. The Bertz CT molecular complexity index is 435. The molecule has 0 amide bonds. The van der Waals surface area contributed by atoms with Crippen LogP contribution in [0.3, 0.4) is 0 Å². The molecule has 1 aromatic carbocycles. The van der Waals surface area contributed by atoms with E-state index in [0.29, 0.717) is 16.7 Å². The van der Waals surface area contributed by atoms with Crippen LogP contribution in [0.4, 0.5) is 8.78 Å². The maximum atomic E-state index is 12.1. The number of aryl methyl sites for hydroxylation is 2. The number of ether oxygens (including phenoxy) is 1. The van der Waals surface area contributed by atoms with E-state index in [1.54, 1.807) is 26.0 Å². The van der Waals surface area contributed by atoms with Gasteiger partial charge in [-0.15, -0.1) is 0 Å². The third-order valence-corrected chi connectivity index (χ3v) is 2.08. The first-order valence-electron chi connectivity index (χ1n) is 4.78. The third-order valence-electron chi connectivity index (χ3n) is 2.08. The van der Waals surface area contributed by atoms with Crippen molar-refractivity contribution in [2.75, 3.05) is 0 Å². The van der Waals surface area contributed by atoms with Gasteiger partial charge in [0, 0.05) is 6.08 Å². The largest absolute Gasteiger partial charge is 0.434 e. The molecule has 0 aliphatic rings. The first-order valence-corrected chi connectivity index (χ1v) is 4.78. The Morgan fingerprint density at radius 2 is 1.88 bits per heavy atom. The smallest absolute Gasteiger partial charge is 0.387 e. The van der Waals surface area contributed by atoms with Crippen molar-refractivity contribution in [1.29, 1.82) is 0 Å². The molecule has 4 nitrogen and oxygen atoms in total. The lowest BCUT2D eigenvalue weighted by atomic mass is 10.1. The lowest BCUT2D eigenvalue weighted by Crippen LogP contribution is -2.05. The summed E-state index contributed by atoms with van der Waals surface area (Å²) < 4.78 is 28.6. The van der Waals surface area contributed by atoms with Crippen LogP contribution in [0.2, 0.25) is 0 Å². The lowest BCUT2D eigenvalue weighted by Gasteiger charge is -2.11. The van der Waals surface area contributed by atoms with Gasteiger partial charge in [0.15, 0.2) is 0 Å². The van der Waals surface area contributed by atoms with Crippen LogP contribution in [0.1, 0.15) is 16.7 Å². The number of halogens is 2. The molecule has 1 aromatic rings. The van der Waals surface area contributed by atoms with Gasteiger partial charge in [-0.25, -0.2) is 0 Å². The lowest BCUT2D eigenvalue weighted by molar-refractivity contribution is -0.400. The van der Waals surface area contributed by atoms with E-state index in [9.17, 15) is 18.9 Å². The van der Waals surface area contributed by atoms with E-state index < -0.39 is 11.5 Å². The van der Waals surface area contributed by atoms with Crippen molar-refractivity contribution in [1.82, 2.24) is 0 Å². The highest BCUT2D eigenvalue weighted by Gasteiger charge is 2.11. The zero-order chi connectivity index (χ0) is 13.0. The fourth-order valence-electron chi connectivity index (χ4n) is 1.50.